The largest absolute Gasteiger partial charge is 0.0958 e. The molecule has 0 aromatic rings. The van der Waals surface area contributed by atoms with Crippen molar-refractivity contribution in [3.63, 3.8) is 0 Å². The highest BCUT2D eigenvalue weighted by Crippen LogP contribution is 2.21. The molecule has 0 heteroatoms. The van der Waals surface area contributed by atoms with Gasteiger partial charge in [-0.2, -0.15) is 0 Å². The van der Waals surface area contributed by atoms with E-state index in [1.165, 1.54) is 11.1 Å². The van der Waals surface area contributed by atoms with Gasteiger partial charge in [-0.1, -0.05) is 70.7 Å². The predicted octanol–water partition coefficient (Wildman–Crippen LogP) is 6.00. The smallest absolute Gasteiger partial charge is 0.00886 e. The van der Waals surface area contributed by atoms with Crippen LogP contribution in [0.2, 0.25) is 0 Å². The minimum atomic E-state index is 1.01. The number of hydrogen-bond donors (Lipinski definition) is 0. The topological polar surface area (TPSA) is 0 Å². The van der Waals surface area contributed by atoms with E-state index in [0.29, 0.717) is 0 Å². The molecule has 1 rings (SSSR count). The summed E-state index contributed by atoms with van der Waals surface area (Å²) >= 11 is 0. The first-order valence-corrected chi connectivity index (χ1v) is 6.50. The molecule has 0 radical (unpaired) electrons. The van der Waals surface area contributed by atoms with Crippen LogP contribution in [0.4, 0.5) is 0 Å². The Morgan fingerprint density at radius 1 is 1.12 bits per heavy atom. The van der Waals surface area contributed by atoms with Gasteiger partial charge in [0.2, 0.25) is 0 Å². The van der Waals surface area contributed by atoms with Crippen molar-refractivity contribution in [3.8, 4) is 0 Å². The third-order valence-corrected chi connectivity index (χ3v) is 2.25. The standard InChI is InChI=1S/C13H16.2C2H6/c1-10(2)11(3)9-12(4)13-7-5-6-8-13;2*1-2/h5-7,9H,1,4,8H2,2-3H3;2*1-2H3/b11-9-;;. The van der Waals surface area contributed by atoms with Crippen molar-refractivity contribution >= 4 is 0 Å². The number of hydrogen-bond acceptors (Lipinski definition) is 0. The average molecular weight is 232 g/mol. The third-order valence-electron chi connectivity index (χ3n) is 2.25. The summed E-state index contributed by atoms with van der Waals surface area (Å²) in [6.07, 6.45) is 9.44. The first-order valence-electron chi connectivity index (χ1n) is 6.50. The minimum Gasteiger partial charge on any atom is -0.0958 e. The molecule has 1 aliphatic rings. The van der Waals surface area contributed by atoms with E-state index in [0.717, 1.165) is 17.6 Å². The molecule has 0 atom stereocenters. The van der Waals surface area contributed by atoms with E-state index in [1.54, 1.807) is 0 Å². The van der Waals surface area contributed by atoms with Crippen LogP contribution in [0.15, 0.2) is 59.8 Å². The second kappa shape index (κ2) is 11.2. The fourth-order valence-electron chi connectivity index (χ4n) is 1.16. The van der Waals surface area contributed by atoms with Crippen LogP contribution in [0, 0.1) is 0 Å². The van der Waals surface area contributed by atoms with Crippen LogP contribution < -0.4 is 0 Å². The molecule has 17 heavy (non-hydrogen) atoms. The van der Waals surface area contributed by atoms with Gasteiger partial charge in [0.1, 0.15) is 0 Å². The molecule has 0 unspecified atom stereocenters. The summed E-state index contributed by atoms with van der Waals surface area (Å²) in [7, 11) is 0. The van der Waals surface area contributed by atoms with Crippen molar-refractivity contribution in [2.45, 2.75) is 48.0 Å². The van der Waals surface area contributed by atoms with Gasteiger partial charge in [0.05, 0.1) is 0 Å². The molecule has 0 saturated carbocycles. The van der Waals surface area contributed by atoms with Gasteiger partial charge >= 0.3 is 0 Å². The minimum absolute atomic E-state index is 1.01. The molecule has 0 aromatic heterocycles. The summed E-state index contributed by atoms with van der Waals surface area (Å²) < 4.78 is 0. The Hall–Kier alpha value is -1.30. The Balaban J connectivity index is 0. The molecule has 0 amide bonds. The van der Waals surface area contributed by atoms with Gasteiger partial charge < -0.3 is 0 Å². The molecular weight excluding hydrogens is 204 g/mol. The molecule has 0 heterocycles. The maximum absolute atomic E-state index is 4.03. The second-order valence-corrected chi connectivity index (χ2v) is 3.46. The highest BCUT2D eigenvalue weighted by Gasteiger charge is 2.01. The van der Waals surface area contributed by atoms with Crippen LogP contribution in [0.3, 0.4) is 0 Å². The highest BCUT2D eigenvalue weighted by atomic mass is 14.1. The Morgan fingerprint density at radius 2 is 1.65 bits per heavy atom. The lowest BCUT2D eigenvalue weighted by Crippen LogP contribution is -1.84. The molecular formula is C17H28. The summed E-state index contributed by atoms with van der Waals surface area (Å²) in [5.74, 6) is 0. The number of allylic oxidation sites excluding steroid dienone is 8. The lowest BCUT2D eigenvalue weighted by atomic mass is 10.0. The molecule has 96 valence electrons. The van der Waals surface area contributed by atoms with Gasteiger partial charge in [-0.25, -0.2) is 0 Å². The van der Waals surface area contributed by atoms with Crippen LogP contribution in [-0.2, 0) is 0 Å². The zero-order chi connectivity index (χ0) is 13.8. The summed E-state index contributed by atoms with van der Waals surface area (Å²) in [6.45, 7) is 20.0. The van der Waals surface area contributed by atoms with E-state index in [9.17, 15) is 0 Å². The molecule has 0 nitrogen and oxygen atoms in total. The summed E-state index contributed by atoms with van der Waals surface area (Å²) in [5, 5.41) is 0. The lowest BCUT2D eigenvalue weighted by Gasteiger charge is -2.03. The molecule has 0 fully saturated rings. The van der Waals surface area contributed by atoms with Gasteiger partial charge in [0.25, 0.3) is 0 Å². The van der Waals surface area contributed by atoms with Gasteiger partial charge in [0, 0.05) is 0 Å². The number of rotatable bonds is 3. The monoisotopic (exact) mass is 232 g/mol. The Kier molecular flexibility index (Phi) is 11.9. The lowest BCUT2D eigenvalue weighted by molar-refractivity contribution is 1.27. The maximum Gasteiger partial charge on any atom is -0.00886 e. The fourth-order valence-corrected chi connectivity index (χ4v) is 1.16. The Morgan fingerprint density at radius 3 is 2.00 bits per heavy atom. The van der Waals surface area contributed by atoms with Crippen molar-refractivity contribution in [1.29, 1.82) is 0 Å². The Labute approximate surface area is 108 Å². The van der Waals surface area contributed by atoms with Gasteiger partial charge in [-0.3, -0.25) is 0 Å². The second-order valence-electron chi connectivity index (χ2n) is 3.46. The maximum atomic E-state index is 4.03. The van der Waals surface area contributed by atoms with E-state index in [4.69, 9.17) is 0 Å². The summed E-state index contributed by atoms with van der Waals surface area (Å²) in [6, 6.07) is 0. The molecule has 0 aliphatic heterocycles. The van der Waals surface area contributed by atoms with E-state index >= 15 is 0 Å². The summed E-state index contributed by atoms with van der Waals surface area (Å²) in [5.41, 5.74) is 4.72. The molecule has 0 spiro atoms. The van der Waals surface area contributed by atoms with Crippen molar-refractivity contribution in [2.75, 3.05) is 0 Å². The molecule has 0 saturated heterocycles. The quantitative estimate of drug-likeness (QED) is 0.523. The van der Waals surface area contributed by atoms with E-state index in [-0.39, 0.29) is 0 Å². The third kappa shape index (κ3) is 7.57. The van der Waals surface area contributed by atoms with Gasteiger partial charge in [-0.05, 0) is 37.0 Å². The highest BCUT2D eigenvalue weighted by molar-refractivity contribution is 5.47. The van der Waals surface area contributed by atoms with E-state index in [1.807, 2.05) is 34.6 Å². The first-order chi connectivity index (χ1) is 8.11. The zero-order valence-corrected chi connectivity index (χ0v) is 12.4. The molecule has 0 aromatic carbocycles. The predicted molar refractivity (Wildman–Crippen MR) is 82.2 cm³/mol. The fraction of sp³-hybridized carbons (Fsp3) is 0.412. The van der Waals surface area contributed by atoms with Crippen molar-refractivity contribution < 1.29 is 0 Å². The molecule has 0 N–H and O–H groups in total. The molecule has 0 bridgehead atoms. The van der Waals surface area contributed by atoms with Gasteiger partial charge in [-0.15, -0.1) is 0 Å². The van der Waals surface area contributed by atoms with Crippen molar-refractivity contribution in [2.24, 2.45) is 0 Å². The van der Waals surface area contributed by atoms with Crippen molar-refractivity contribution in [1.82, 2.24) is 0 Å². The van der Waals surface area contributed by atoms with E-state index in [2.05, 4.69) is 44.4 Å². The average Bonchev–Trinajstić information content (AvgIpc) is 2.87. The van der Waals surface area contributed by atoms with Gasteiger partial charge in [0.15, 0.2) is 0 Å². The molecule has 1 aliphatic carbocycles. The summed E-state index contributed by atoms with van der Waals surface area (Å²) in [4.78, 5) is 0. The van der Waals surface area contributed by atoms with Crippen molar-refractivity contribution in [3.05, 3.63) is 59.8 Å². The van der Waals surface area contributed by atoms with Crippen LogP contribution in [-0.4, -0.2) is 0 Å². The van der Waals surface area contributed by atoms with Crippen LogP contribution >= 0.6 is 0 Å². The Bertz CT molecular complexity index is 322. The first kappa shape index (κ1) is 18.1. The normalized spacial score (nSPS) is 12.8. The van der Waals surface area contributed by atoms with Crippen LogP contribution in [0.5, 0.6) is 0 Å². The zero-order valence-electron chi connectivity index (χ0n) is 12.4. The van der Waals surface area contributed by atoms with Crippen LogP contribution in [0.1, 0.15) is 48.0 Å². The van der Waals surface area contributed by atoms with E-state index < -0.39 is 0 Å². The SMILES string of the molecule is C=C(/C=C(/C)C(=C)C)C1=CC=CC1.CC.CC. The van der Waals surface area contributed by atoms with Crippen LogP contribution in [0.25, 0.3) is 0 Å².